The van der Waals surface area contributed by atoms with Crippen molar-refractivity contribution in [1.82, 2.24) is 10.1 Å². The van der Waals surface area contributed by atoms with Crippen molar-refractivity contribution >= 4 is 12.2 Å². The molecule has 170 valence electrons. The van der Waals surface area contributed by atoms with Crippen molar-refractivity contribution in [1.29, 1.82) is 0 Å². The lowest BCUT2D eigenvalue weighted by Gasteiger charge is -2.31. The highest BCUT2D eigenvalue weighted by molar-refractivity contribution is 5.56. The lowest BCUT2D eigenvalue weighted by atomic mass is 10.2. The topological polar surface area (TPSA) is 43.4 Å². The molecule has 32 heavy (non-hydrogen) atoms. The maximum Gasteiger partial charge on any atom is 0.197 e. The average Bonchev–Trinajstić information content (AvgIpc) is 2.78. The van der Waals surface area contributed by atoms with Gasteiger partial charge in [0.15, 0.2) is 23.0 Å². The molecule has 0 atom stereocenters. The van der Waals surface area contributed by atoms with Gasteiger partial charge in [-0.05, 0) is 69.2 Å². The monoisotopic (exact) mass is 436 g/mol. The summed E-state index contributed by atoms with van der Waals surface area (Å²) in [6.07, 6.45) is 11.9. The van der Waals surface area contributed by atoms with Crippen molar-refractivity contribution in [2.45, 2.75) is 27.7 Å². The van der Waals surface area contributed by atoms with E-state index in [2.05, 4.69) is 0 Å². The maximum atomic E-state index is 6.19. The third-order valence-electron chi connectivity index (χ3n) is 4.57. The van der Waals surface area contributed by atoms with Gasteiger partial charge in [0.05, 0.1) is 19.8 Å². The molecule has 6 heteroatoms. The second kappa shape index (κ2) is 11.9. The van der Waals surface area contributed by atoms with Crippen LogP contribution in [0.5, 0.6) is 23.0 Å². The van der Waals surface area contributed by atoms with E-state index < -0.39 is 0 Å². The Morgan fingerprint density at radius 1 is 0.781 bits per heavy atom. The predicted octanol–water partition coefficient (Wildman–Crippen LogP) is 5.93. The fourth-order valence-corrected chi connectivity index (χ4v) is 3.27. The molecule has 1 aliphatic rings. The van der Waals surface area contributed by atoms with Crippen molar-refractivity contribution in [3.05, 3.63) is 72.0 Å². The van der Waals surface area contributed by atoms with Gasteiger partial charge in [-0.2, -0.15) is 5.06 Å². The molecule has 0 aliphatic carbocycles. The van der Waals surface area contributed by atoms with E-state index in [-0.39, 0.29) is 0 Å². The normalized spacial score (nSPS) is 14.3. The molecule has 0 fully saturated rings. The van der Waals surface area contributed by atoms with Crippen molar-refractivity contribution in [3.63, 3.8) is 0 Å². The summed E-state index contributed by atoms with van der Waals surface area (Å²) in [7, 11) is 0. The highest BCUT2D eigenvalue weighted by Crippen LogP contribution is 2.32. The van der Waals surface area contributed by atoms with Gasteiger partial charge in [-0.25, -0.2) is 0 Å². The molecule has 0 saturated heterocycles. The highest BCUT2D eigenvalue weighted by atomic mass is 16.7. The van der Waals surface area contributed by atoms with Crippen molar-refractivity contribution in [2.24, 2.45) is 0 Å². The molecular formula is C26H32N2O4. The Morgan fingerprint density at radius 2 is 1.34 bits per heavy atom. The minimum Gasteiger partial charge on any atom is -0.490 e. The first-order valence-electron chi connectivity index (χ1n) is 11.0. The first-order chi connectivity index (χ1) is 15.7. The quantitative estimate of drug-likeness (QED) is 0.460. The van der Waals surface area contributed by atoms with Crippen molar-refractivity contribution < 1.29 is 19.1 Å². The molecule has 0 amide bonds. The van der Waals surface area contributed by atoms with Gasteiger partial charge in [-0.1, -0.05) is 36.4 Å². The minimum atomic E-state index is 0.412. The number of nitrogens with zero attached hydrogens (tertiary/aromatic N) is 2. The largest absolute Gasteiger partial charge is 0.490 e. The van der Waals surface area contributed by atoms with Gasteiger partial charge in [0.2, 0.25) is 0 Å². The Bertz CT molecular complexity index is 968. The third-order valence-corrected chi connectivity index (χ3v) is 4.57. The standard InChI is InChI=1S/C26H32N2O4/c1-5-10-21-12-14-23(29-7-3)25(18-21)31-27-16-9-17-28(20-27)32-26-19-22(11-6-2)13-15-24(26)30-8-4/h5-6,9-16,18-19H,7-8,17,20H2,1-4H3/b10-5+,11-6+. The lowest BCUT2D eigenvalue weighted by molar-refractivity contribution is -0.153. The smallest absolute Gasteiger partial charge is 0.197 e. The van der Waals surface area contributed by atoms with E-state index in [1.807, 2.05) is 106 Å². The number of hydroxylamine groups is 4. The van der Waals surface area contributed by atoms with Crippen LogP contribution in [0, 0.1) is 0 Å². The van der Waals surface area contributed by atoms with E-state index in [0.717, 1.165) is 11.1 Å². The first kappa shape index (κ1) is 23.3. The number of ether oxygens (including phenoxy) is 2. The molecular weight excluding hydrogens is 404 g/mol. The number of benzene rings is 2. The van der Waals surface area contributed by atoms with Gasteiger partial charge in [-0.3, -0.25) is 0 Å². The van der Waals surface area contributed by atoms with Gasteiger partial charge in [0.1, 0.15) is 6.67 Å². The second-order valence-corrected chi connectivity index (χ2v) is 7.07. The fourth-order valence-electron chi connectivity index (χ4n) is 3.27. The highest BCUT2D eigenvalue weighted by Gasteiger charge is 2.19. The molecule has 0 spiro atoms. The molecule has 3 rings (SSSR count). The fraction of sp³-hybridized carbons (Fsp3) is 0.308. The molecule has 1 aliphatic heterocycles. The summed E-state index contributed by atoms with van der Waals surface area (Å²) in [6.45, 7) is 10.1. The summed E-state index contributed by atoms with van der Waals surface area (Å²) in [5.41, 5.74) is 2.09. The van der Waals surface area contributed by atoms with Crippen molar-refractivity contribution in [2.75, 3.05) is 26.4 Å². The zero-order chi connectivity index (χ0) is 22.8. The molecule has 0 bridgehead atoms. The van der Waals surface area contributed by atoms with Crippen LogP contribution in [0.15, 0.2) is 60.8 Å². The number of hydrogen-bond acceptors (Lipinski definition) is 6. The lowest BCUT2D eigenvalue weighted by Crippen LogP contribution is -2.42. The number of rotatable bonds is 10. The van der Waals surface area contributed by atoms with Crippen LogP contribution >= 0.6 is 0 Å². The first-order valence-corrected chi connectivity index (χ1v) is 11.0. The van der Waals surface area contributed by atoms with Crippen LogP contribution in [0.25, 0.3) is 12.2 Å². The summed E-state index contributed by atoms with van der Waals surface area (Å²) in [5.74, 6) is 2.73. The van der Waals surface area contributed by atoms with Gasteiger partial charge >= 0.3 is 0 Å². The van der Waals surface area contributed by atoms with Crippen LogP contribution in [-0.2, 0) is 0 Å². The molecule has 0 saturated carbocycles. The predicted molar refractivity (Wildman–Crippen MR) is 128 cm³/mol. The summed E-state index contributed by atoms with van der Waals surface area (Å²) in [6, 6.07) is 11.8. The minimum absolute atomic E-state index is 0.412. The van der Waals surface area contributed by atoms with E-state index in [1.165, 1.54) is 0 Å². The van der Waals surface area contributed by atoms with Crippen LogP contribution in [0.4, 0.5) is 0 Å². The van der Waals surface area contributed by atoms with Gasteiger partial charge in [0, 0.05) is 6.20 Å². The molecule has 2 aromatic rings. The van der Waals surface area contributed by atoms with Crippen LogP contribution in [0.1, 0.15) is 38.8 Å². The molecule has 1 heterocycles. The Morgan fingerprint density at radius 3 is 1.88 bits per heavy atom. The summed E-state index contributed by atoms with van der Waals surface area (Å²) in [4.78, 5) is 12.4. The zero-order valence-electron chi connectivity index (χ0n) is 19.3. The molecule has 0 unspecified atom stereocenters. The van der Waals surface area contributed by atoms with Crippen LogP contribution < -0.4 is 19.1 Å². The molecule has 0 aromatic heterocycles. The molecule has 0 N–H and O–H groups in total. The Labute approximate surface area is 190 Å². The van der Waals surface area contributed by atoms with Gasteiger partial charge < -0.3 is 19.1 Å². The SMILES string of the molecule is C/C=C/c1ccc(OCC)c(ON2C=CCN(Oc3cc(/C=C/C)ccc3OCC)C2)c1. The zero-order valence-corrected chi connectivity index (χ0v) is 19.3. The number of hydrogen-bond donors (Lipinski definition) is 0. The van der Waals surface area contributed by atoms with E-state index >= 15 is 0 Å². The Kier molecular flexibility index (Phi) is 8.63. The Balaban J connectivity index is 1.75. The van der Waals surface area contributed by atoms with E-state index in [0.29, 0.717) is 49.4 Å². The summed E-state index contributed by atoms with van der Waals surface area (Å²) in [5, 5.41) is 3.53. The summed E-state index contributed by atoms with van der Waals surface area (Å²) >= 11 is 0. The van der Waals surface area contributed by atoms with Crippen molar-refractivity contribution in [3.8, 4) is 23.0 Å². The van der Waals surface area contributed by atoms with Gasteiger partial charge in [-0.15, -0.1) is 5.06 Å². The molecule has 0 radical (unpaired) electrons. The molecule has 6 nitrogen and oxygen atoms in total. The van der Waals surface area contributed by atoms with E-state index in [9.17, 15) is 0 Å². The third kappa shape index (κ3) is 6.31. The summed E-state index contributed by atoms with van der Waals surface area (Å²) < 4.78 is 11.5. The van der Waals surface area contributed by atoms with Crippen LogP contribution in [0.2, 0.25) is 0 Å². The molecule has 2 aromatic carbocycles. The van der Waals surface area contributed by atoms with Crippen LogP contribution in [-0.4, -0.2) is 36.6 Å². The van der Waals surface area contributed by atoms with Crippen LogP contribution in [0.3, 0.4) is 0 Å². The second-order valence-electron chi connectivity index (χ2n) is 7.07. The maximum absolute atomic E-state index is 6.19. The number of allylic oxidation sites excluding steroid dienone is 2. The average molecular weight is 437 g/mol. The van der Waals surface area contributed by atoms with Gasteiger partial charge in [0.25, 0.3) is 0 Å². The Hall–Kier alpha value is -3.38. The van der Waals surface area contributed by atoms with E-state index in [1.54, 1.807) is 5.06 Å². The van der Waals surface area contributed by atoms with E-state index in [4.69, 9.17) is 19.1 Å².